The predicted octanol–water partition coefficient (Wildman–Crippen LogP) is 0.543. The summed E-state index contributed by atoms with van der Waals surface area (Å²) in [6.45, 7) is 1.70. The Morgan fingerprint density at radius 1 is 1.38 bits per heavy atom. The molecule has 0 bridgehead atoms. The van der Waals surface area contributed by atoms with Crippen LogP contribution in [0.3, 0.4) is 0 Å². The molecule has 5 heteroatoms. The summed E-state index contributed by atoms with van der Waals surface area (Å²) >= 11 is 0. The monoisotopic (exact) mass is 223 g/mol. The first-order valence-corrected chi connectivity index (χ1v) is 5.00. The van der Waals surface area contributed by atoms with Crippen molar-refractivity contribution in [1.82, 2.24) is 5.32 Å². The van der Waals surface area contributed by atoms with Crippen molar-refractivity contribution < 1.29 is 20.1 Å². The summed E-state index contributed by atoms with van der Waals surface area (Å²) in [5.41, 5.74) is 0.967. The zero-order valence-corrected chi connectivity index (χ0v) is 8.71. The molecular weight excluding hydrogens is 210 g/mol. The molecule has 16 heavy (non-hydrogen) atoms. The lowest BCUT2D eigenvalue weighted by Crippen LogP contribution is -2.43. The first-order chi connectivity index (χ1) is 7.50. The molecule has 1 aromatic rings. The van der Waals surface area contributed by atoms with Crippen LogP contribution in [0, 0.1) is 0 Å². The summed E-state index contributed by atoms with van der Waals surface area (Å²) in [4.78, 5) is 11.0. The van der Waals surface area contributed by atoms with Gasteiger partial charge in [-0.05, 0) is 30.2 Å². The zero-order valence-electron chi connectivity index (χ0n) is 8.71. The smallest absolute Gasteiger partial charge is 0.325 e. The standard InChI is InChI=1S/C11H13NO4/c1-5-10(14)8-4-6(13)2-3-7(8)9(12-5)11(15)16/h2-5,9-10,12-14H,1H3,(H,15,16)/t5-,9?,10-/m0/s1. The van der Waals surface area contributed by atoms with E-state index in [1.54, 1.807) is 6.92 Å². The number of aliphatic hydroxyl groups excluding tert-OH is 1. The van der Waals surface area contributed by atoms with Gasteiger partial charge >= 0.3 is 5.97 Å². The third-order valence-corrected chi connectivity index (χ3v) is 2.85. The molecule has 0 aliphatic carbocycles. The maximum Gasteiger partial charge on any atom is 0.325 e. The van der Waals surface area contributed by atoms with Crippen LogP contribution in [0.2, 0.25) is 0 Å². The number of aromatic hydroxyl groups is 1. The lowest BCUT2D eigenvalue weighted by molar-refractivity contribution is -0.140. The quantitative estimate of drug-likeness (QED) is 0.558. The van der Waals surface area contributed by atoms with Gasteiger partial charge in [-0.2, -0.15) is 0 Å². The summed E-state index contributed by atoms with van der Waals surface area (Å²) in [5, 5.41) is 31.1. The number of aliphatic carboxylic acids is 1. The van der Waals surface area contributed by atoms with Crippen LogP contribution in [-0.4, -0.2) is 27.3 Å². The highest BCUT2D eigenvalue weighted by Gasteiger charge is 2.34. The molecule has 1 aromatic carbocycles. The molecule has 3 atom stereocenters. The van der Waals surface area contributed by atoms with E-state index in [9.17, 15) is 15.0 Å². The van der Waals surface area contributed by atoms with Crippen molar-refractivity contribution in [1.29, 1.82) is 0 Å². The maximum absolute atomic E-state index is 11.0. The lowest BCUT2D eigenvalue weighted by atomic mass is 9.88. The number of carbonyl (C=O) groups is 1. The number of hydrogen-bond acceptors (Lipinski definition) is 4. The number of rotatable bonds is 1. The highest BCUT2D eigenvalue weighted by molar-refractivity contribution is 5.77. The Kier molecular flexibility index (Phi) is 2.57. The molecule has 1 unspecified atom stereocenters. The van der Waals surface area contributed by atoms with Gasteiger partial charge < -0.3 is 15.3 Å². The topological polar surface area (TPSA) is 89.8 Å². The molecule has 0 saturated carbocycles. The first-order valence-electron chi connectivity index (χ1n) is 5.00. The minimum absolute atomic E-state index is 0.0241. The first kappa shape index (κ1) is 10.9. The van der Waals surface area contributed by atoms with Gasteiger partial charge in [-0.3, -0.25) is 10.1 Å². The van der Waals surface area contributed by atoms with Crippen LogP contribution in [0.4, 0.5) is 0 Å². The van der Waals surface area contributed by atoms with Gasteiger partial charge in [0.2, 0.25) is 0 Å². The molecule has 1 aliphatic heterocycles. The molecule has 4 N–H and O–H groups in total. The Morgan fingerprint density at radius 2 is 2.06 bits per heavy atom. The van der Waals surface area contributed by atoms with Crippen molar-refractivity contribution in [2.75, 3.05) is 0 Å². The van der Waals surface area contributed by atoms with Gasteiger partial charge in [0, 0.05) is 6.04 Å². The van der Waals surface area contributed by atoms with Crippen LogP contribution in [0.1, 0.15) is 30.2 Å². The van der Waals surface area contributed by atoms with Crippen LogP contribution < -0.4 is 5.32 Å². The SMILES string of the molecule is C[C@@H]1NC(C(=O)O)c2ccc(O)cc2[C@H]1O. The van der Waals surface area contributed by atoms with Crippen molar-refractivity contribution in [2.24, 2.45) is 0 Å². The Hall–Kier alpha value is -1.59. The summed E-state index contributed by atoms with van der Waals surface area (Å²) in [6, 6.07) is 3.14. The van der Waals surface area contributed by atoms with Gasteiger partial charge in [-0.1, -0.05) is 6.07 Å². The third-order valence-electron chi connectivity index (χ3n) is 2.85. The fraction of sp³-hybridized carbons (Fsp3) is 0.364. The second-order valence-electron chi connectivity index (χ2n) is 3.98. The van der Waals surface area contributed by atoms with E-state index in [2.05, 4.69) is 5.32 Å². The van der Waals surface area contributed by atoms with E-state index < -0.39 is 18.1 Å². The normalized spacial score (nSPS) is 28.5. The van der Waals surface area contributed by atoms with E-state index in [4.69, 9.17) is 5.11 Å². The van der Waals surface area contributed by atoms with Gasteiger partial charge in [0.25, 0.3) is 0 Å². The van der Waals surface area contributed by atoms with Crippen LogP contribution >= 0.6 is 0 Å². The highest BCUT2D eigenvalue weighted by Crippen LogP contribution is 2.34. The zero-order chi connectivity index (χ0) is 11.9. The fourth-order valence-electron chi connectivity index (χ4n) is 2.00. The van der Waals surface area contributed by atoms with Gasteiger partial charge in [0.15, 0.2) is 0 Å². The molecule has 1 aliphatic rings. The van der Waals surface area contributed by atoms with Gasteiger partial charge in [0.05, 0.1) is 6.10 Å². The molecule has 0 aromatic heterocycles. The average molecular weight is 223 g/mol. The van der Waals surface area contributed by atoms with Crippen LogP contribution in [0.25, 0.3) is 0 Å². The summed E-state index contributed by atoms with van der Waals surface area (Å²) in [5.74, 6) is -0.971. The Bertz CT molecular complexity index is 432. The van der Waals surface area contributed by atoms with E-state index in [0.29, 0.717) is 11.1 Å². The second kappa shape index (κ2) is 3.77. The molecule has 0 amide bonds. The molecule has 0 spiro atoms. The summed E-state index contributed by atoms with van der Waals surface area (Å²) in [7, 11) is 0. The van der Waals surface area contributed by atoms with E-state index >= 15 is 0 Å². The number of fused-ring (bicyclic) bond motifs is 1. The maximum atomic E-state index is 11.0. The summed E-state index contributed by atoms with van der Waals surface area (Å²) < 4.78 is 0. The average Bonchev–Trinajstić information content (AvgIpc) is 2.23. The number of phenols is 1. The van der Waals surface area contributed by atoms with Crippen LogP contribution in [0.5, 0.6) is 5.75 Å². The predicted molar refractivity (Wildman–Crippen MR) is 56.0 cm³/mol. The van der Waals surface area contributed by atoms with E-state index in [0.717, 1.165) is 0 Å². The minimum Gasteiger partial charge on any atom is -0.508 e. The largest absolute Gasteiger partial charge is 0.508 e. The van der Waals surface area contributed by atoms with Crippen molar-refractivity contribution in [3.8, 4) is 5.75 Å². The van der Waals surface area contributed by atoms with Gasteiger partial charge in [0.1, 0.15) is 11.8 Å². The van der Waals surface area contributed by atoms with Crippen molar-refractivity contribution >= 4 is 5.97 Å². The molecule has 1 heterocycles. The molecular formula is C11H13NO4. The number of benzene rings is 1. The number of phenolic OH excluding ortho intramolecular Hbond substituents is 1. The summed E-state index contributed by atoms with van der Waals surface area (Å²) in [6.07, 6.45) is -0.808. The van der Waals surface area contributed by atoms with Crippen LogP contribution in [-0.2, 0) is 4.79 Å². The molecule has 2 rings (SSSR count). The minimum atomic E-state index is -0.995. The second-order valence-corrected chi connectivity index (χ2v) is 3.98. The number of carboxylic acids is 1. The van der Waals surface area contributed by atoms with Crippen molar-refractivity contribution in [3.05, 3.63) is 29.3 Å². The number of nitrogens with one attached hydrogen (secondary N) is 1. The van der Waals surface area contributed by atoms with E-state index in [1.807, 2.05) is 0 Å². The fourth-order valence-corrected chi connectivity index (χ4v) is 2.00. The Labute approximate surface area is 92.3 Å². The van der Waals surface area contributed by atoms with Gasteiger partial charge in [-0.15, -0.1) is 0 Å². The lowest BCUT2D eigenvalue weighted by Gasteiger charge is -2.33. The third kappa shape index (κ3) is 1.64. The van der Waals surface area contributed by atoms with Crippen molar-refractivity contribution in [2.45, 2.75) is 25.1 Å². The molecule has 0 fully saturated rings. The molecule has 0 radical (unpaired) electrons. The number of carboxylic acid groups (broad SMARTS) is 1. The molecule has 5 nitrogen and oxygen atoms in total. The Balaban J connectivity index is 2.53. The van der Waals surface area contributed by atoms with Gasteiger partial charge in [-0.25, -0.2) is 0 Å². The Morgan fingerprint density at radius 3 is 2.69 bits per heavy atom. The van der Waals surface area contributed by atoms with E-state index in [1.165, 1.54) is 18.2 Å². The molecule has 86 valence electrons. The number of aliphatic hydroxyl groups is 1. The van der Waals surface area contributed by atoms with E-state index in [-0.39, 0.29) is 11.8 Å². The number of hydrogen-bond donors (Lipinski definition) is 4. The highest BCUT2D eigenvalue weighted by atomic mass is 16.4. The molecule has 0 saturated heterocycles. The van der Waals surface area contributed by atoms with Crippen molar-refractivity contribution in [3.63, 3.8) is 0 Å². The van der Waals surface area contributed by atoms with Crippen LogP contribution in [0.15, 0.2) is 18.2 Å².